The van der Waals surface area contributed by atoms with Gasteiger partial charge in [-0.2, -0.15) is 0 Å². The molecule has 2 unspecified atom stereocenters. The SMILES string of the molecule is CN(CCCC1CC(c2ccccc2)NN1)C(=O)COc1ccc(C(N)=O)cc1. The summed E-state index contributed by atoms with van der Waals surface area (Å²) in [6.45, 7) is 0.642. The molecule has 2 aromatic carbocycles. The van der Waals surface area contributed by atoms with Crippen LogP contribution in [0.25, 0.3) is 0 Å². The van der Waals surface area contributed by atoms with Crippen molar-refractivity contribution in [3.05, 3.63) is 65.7 Å². The van der Waals surface area contributed by atoms with Crippen LogP contribution < -0.4 is 21.3 Å². The highest BCUT2D eigenvalue weighted by Crippen LogP contribution is 2.23. The van der Waals surface area contributed by atoms with Crippen LogP contribution in [0.1, 0.15) is 41.2 Å². The van der Waals surface area contributed by atoms with E-state index in [4.69, 9.17) is 10.5 Å². The molecular formula is C22H28N4O3. The number of nitrogens with two attached hydrogens (primary N) is 1. The highest BCUT2D eigenvalue weighted by atomic mass is 16.5. The van der Waals surface area contributed by atoms with Crippen molar-refractivity contribution in [1.82, 2.24) is 15.8 Å². The van der Waals surface area contributed by atoms with Gasteiger partial charge < -0.3 is 15.4 Å². The third-order valence-corrected chi connectivity index (χ3v) is 5.16. The summed E-state index contributed by atoms with van der Waals surface area (Å²) in [7, 11) is 1.79. The number of carbonyl (C=O) groups is 2. The maximum Gasteiger partial charge on any atom is 0.260 e. The Balaban J connectivity index is 1.34. The molecule has 1 aliphatic heterocycles. The standard InChI is InChI=1S/C22H28N4O3/c1-26(21(27)15-29-19-11-9-17(10-12-19)22(23)28)13-5-8-18-14-20(25-24-18)16-6-3-2-4-7-16/h2-4,6-7,9-12,18,20,24-25H,5,8,13-15H2,1H3,(H2,23,28). The first-order valence-electron chi connectivity index (χ1n) is 9.85. The van der Waals surface area contributed by atoms with Gasteiger partial charge >= 0.3 is 0 Å². The molecule has 1 aliphatic rings. The van der Waals surface area contributed by atoms with E-state index >= 15 is 0 Å². The lowest BCUT2D eigenvalue weighted by molar-refractivity contribution is -0.132. The lowest BCUT2D eigenvalue weighted by Crippen LogP contribution is -2.34. The van der Waals surface area contributed by atoms with Crippen molar-refractivity contribution < 1.29 is 14.3 Å². The molecule has 0 saturated carbocycles. The van der Waals surface area contributed by atoms with Crippen LogP contribution in [0.15, 0.2) is 54.6 Å². The number of likely N-dealkylation sites (N-methyl/N-ethyl adjacent to an activating group) is 1. The Kier molecular flexibility index (Phi) is 7.21. The number of carbonyl (C=O) groups excluding carboxylic acids is 2. The number of nitrogens with one attached hydrogen (secondary N) is 2. The van der Waals surface area contributed by atoms with E-state index < -0.39 is 5.91 Å². The van der Waals surface area contributed by atoms with Gasteiger partial charge in [0.2, 0.25) is 5.91 Å². The number of hydrogen-bond donors (Lipinski definition) is 3. The summed E-state index contributed by atoms with van der Waals surface area (Å²) in [6, 6.07) is 17.6. The van der Waals surface area contributed by atoms with E-state index in [1.807, 2.05) is 6.07 Å². The van der Waals surface area contributed by atoms with E-state index in [1.54, 1.807) is 36.2 Å². The largest absolute Gasteiger partial charge is 0.484 e. The second-order valence-corrected chi connectivity index (χ2v) is 7.32. The number of rotatable bonds is 9. The molecule has 29 heavy (non-hydrogen) atoms. The molecule has 2 atom stereocenters. The zero-order valence-electron chi connectivity index (χ0n) is 16.6. The Hall–Kier alpha value is -2.90. The van der Waals surface area contributed by atoms with Gasteiger partial charge in [-0.05, 0) is 49.1 Å². The molecule has 1 saturated heterocycles. The van der Waals surface area contributed by atoms with Gasteiger partial charge in [0.15, 0.2) is 6.61 Å². The normalized spacial score (nSPS) is 18.4. The average Bonchev–Trinajstić information content (AvgIpc) is 3.21. The first kappa shape index (κ1) is 20.8. The number of benzene rings is 2. The second kappa shape index (κ2) is 10.0. The summed E-state index contributed by atoms with van der Waals surface area (Å²) >= 11 is 0. The number of primary amides is 1. The van der Waals surface area contributed by atoms with E-state index in [0.29, 0.717) is 29.9 Å². The minimum absolute atomic E-state index is 0.0360. The molecule has 0 radical (unpaired) electrons. The zero-order valence-corrected chi connectivity index (χ0v) is 16.6. The van der Waals surface area contributed by atoms with Crippen LogP contribution >= 0.6 is 0 Å². The molecule has 7 heteroatoms. The van der Waals surface area contributed by atoms with Crippen molar-refractivity contribution in [3.63, 3.8) is 0 Å². The smallest absolute Gasteiger partial charge is 0.260 e. The molecule has 2 aromatic rings. The van der Waals surface area contributed by atoms with Crippen molar-refractivity contribution in [2.75, 3.05) is 20.2 Å². The number of hydrogen-bond acceptors (Lipinski definition) is 5. The zero-order chi connectivity index (χ0) is 20.6. The quantitative estimate of drug-likeness (QED) is 0.603. The average molecular weight is 396 g/mol. The monoisotopic (exact) mass is 396 g/mol. The Morgan fingerprint density at radius 3 is 2.52 bits per heavy atom. The Morgan fingerprint density at radius 1 is 1.10 bits per heavy atom. The summed E-state index contributed by atoms with van der Waals surface area (Å²) in [6.07, 6.45) is 2.94. The molecule has 0 spiro atoms. The second-order valence-electron chi connectivity index (χ2n) is 7.32. The number of amides is 2. The molecule has 0 bridgehead atoms. The summed E-state index contributed by atoms with van der Waals surface area (Å²) in [5.41, 5.74) is 13.6. The van der Waals surface area contributed by atoms with Gasteiger partial charge in [0.25, 0.3) is 5.91 Å². The number of nitrogens with zero attached hydrogens (tertiary/aromatic N) is 1. The van der Waals surface area contributed by atoms with Crippen molar-refractivity contribution in [2.24, 2.45) is 5.73 Å². The van der Waals surface area contributed by atoms with Crippen molar-refractivity contribution >= 4 is 11.8 Å². The highest BCUT2D eigenvalue weighted by molar-refractivity contribution is 5.92. The van der Waals surface area contributed by atoms with E-state index in [2.05, 4.69) is 35.1 Å². The first-order valence-corrected chi connectivity index (χ1v) is 9.85. The van der Waals surface area contributed by atoms with Crippen LogP contribution in [0.5, 0.6) is 5.75 Å². The fraction of sp³-hybridized carbons (Fsp3) is 0.364. The fourth-order valence-electron chi connectivity index (χ4n) is 3.39. The first-order chi connectivity index (χ1) is 14.0. The topological polar surface area (TPSA) is 96.7 Å². The fourth-order valence-corrected chi connectivity index (χ4v) is 3.39. The molecule has 2 amide bonds. The predicted molar refractivity (Wildman–Crippen MR) is 111 cm³/mol. The third-order valence-electron chi connectivity index (χ3n) is 5.16. The summed E-state index contributed by atoms with van der Waals surface area (Å²) < 4.78 is 5.50. The van der Waals surface area contributed by atoms with Crippen LogP contribution in [0.4, 0.5) is 0 Å². The van der Waals surface area contributed by atoms with Crippen LogP contribution in [0.2, 0.25) is 0 Å². The molecule has 4 N–H and O–H groups in total. The maximum absolute atomic E-state index is 12.3. The molecule has 1 heterocycles. The molecule has 7 nitrogen and oxygen atoms in total. The van der Waals surface area contributed by atoms with Crippen molar-refractivity contribution in [1.29, 1.82) is 0 Å². The van der Waals surface area contributed by atoms with E-state index in [-0.39, 0.29) is 12.5 Å². The third kappa shape index (κ3) is 6.04. The van der Waals surface area contributed by atoms with Crippen molar-refractivity contribution in [2.45, 2.75) is 31.3 Å². The molecule has 0 aromatic heterocycles. The molecule has 0 aliphatic carbocycles. The predicted octanol–water partition coefficient (Wildman–Crippen LogP) is 2.01. The van der Waals surface area contributed by atoms with Gasteiger partial charge in [-0.25, -0.2) is 0 Å². The highest BCUT2D eigenvalue weighted by Gasteiger charge is 2.24. The number of hydrazine groups is 1. The van der Waals surface area contributed by atoms with Crippen molar-refractivity contribution in [3.8, 4) is 5.75 Å². The van der Waals surface area contributed by atoms with Gasteiger partial charge in [-0.15, -0.1) is 0 Å². The number of ether oxygens (including phenoxy) is 1. The van der Waals surface area contributed by atoms with Gasteiger partial charge in [0, 0.05) is 31.2 Å². The molecule has 3 rings (SSSR count). The van der Waals surface area contributed by atoms with E-state index in [9.17, 15) is 9.59 Å². The molecule has 154 valence electrons. The molecular weight excluding hydrogens is 368 g/mol. The minimum atomic E-state index is -0.491. The van der Waals surface area contributed by atoms with Crippen LogP contribution in [0.3, 0.4) is 0 Å². The van der Waals surface area contributed by atoms with E-state index in [1.165, 1.54) is 5.56 Å². The lowest BCUT2D eigenvalue weighted by Gasteiger charge is -2.18. The van der Waals surface area contributed by atoms with Crippen LogP contribution in [-0.2, 0) is 4.79 Å². The minimum Gasteiger partial charge on any atom is -0.484 e. The Morgan fingerprint density at radius 2 is 1.83 bits per heavy atom. The lowest BCUT2D eigenvalue weighted by atomic mass is 10.00. The van der Waals surface area contributed by atoms with Crippen LogP contribution in [0, 0.1) is 0 Å². The van der Waals surface area contributed by atoms with Gasteiger partial charge in [0.1, 0.15) is 5.75 Å². The van der Waals surface area contributed by atoms with Gasteiger partial charge in [0.05, 0.1) is 0 Å². The summed E-state index contributed by atoms with van der Waals surface area (Å²) in [5.74, 6) is -0.0389. The van der Waals surface area contributed by atoms with E-state index in [0.717, 1.165) is 19.3 Å². The van der Waals surface area contributed by atoms with Gasteiger partial charge in [-0.1, -0.05) is 30.3 Å². The van der Waals surface area contributed by atoms with Gasteiger partial charge in [-0.3, -0.25) is 20.4 Å². The maximum atomic E-state index is 12.3. The Labute approximate surface area is 171 Å². The molecule has 1 fully saturated rings. The Bertz CT molecular complexity index is 811. The summed E-state index contributed by atoms with van der Waals surface area (Å²) in [4.78, 5) is 25.0. The van der Waals surface area contributed by atoms with Crippen LogP contribution in [-0.4, -0.2) is 43.0 Å². The summed E-state index contributed by atoms with van der Waals surface area (Å²) in [5, 5.41) is 0.